The van der Waals surface area contributed by atoms with Crippen molar-refractivity contribution in [3.8, 4) is 17.6 Å². The predicted molar refractivity (Wildman–Crippen MR) is 460 cm³/mol. The molecule has 0 saturated carbocycles. The number of benzene rings is 6. The molecule has 1 saturated heterocycles. The summed E-state index contributed by atoms with van der Waals surface area (Å²) >= 11 is 0. The van der Waals surface area contributed by atoms with Gasteiger partial charge in [-0.1, -0.05) is 168 Å². The Kier molecular flexibility index (Phi) is 30.0. The Morgan fingerprint density at radius 3 is 1.49 bits per heavy atom. The van der Waals surface area contributed by atoms with E-state index in [2.05, 4.69) is 58.6 Å². The van der Waals surface area contributed by atoms with E-state index < -0.39 is 154 Å². The van der Waals surface area contributed by atoms with Crippen molar-refractivity contribution in [2.45, 2.75) is 233 Å². The summed E-state index contributed by atoms with van der Waals surface area (Å²) in [7, 11) is 3.98. The summed E-state index contributed by atoms with van der Waals surface area (Å²) < 4.78 is 31.6. The molecule has 5 aliphatic rings. The lowest BCUT2D eigenvalue weighted by molar-refractivity contribution is -0.150. The normalized spacial score (nSPS) is 19.4. The van der Waals surface area contributed by atoms with Gasteiger partial charge in [0.15, 0.2) is 0 Å². The van der Waals surface area contributed by atoms with Gasteiger partial charge in [-0.2, -0.15) is 5.26 Å². The highest BCUT2D eigenvalue weighted by atomic mass is 16.6. The van der Waals surface area contributed by atoms with Crippen LogP contribution in [0.3, 0.4) is 0 Å². The van der Waals surface area contributed by atoms with Crippen molar-refractivity contribution >= 4 is 87.0 Å². The minimum absolute atomic E-state index is 0.0269. The van der Waals surface area contributed by atoms with Crippen molar-refractivity contribution in [3.05, 3.63) is 179 Å². The van der Waals surface area contributed by atoms with Gasteiger partial charge in [0.2, 0.25) is 47.5 Å². The Morgan fingerprint density at radius 2 is 1.02 bits per heavy atom. The summed E-state index contributed by atoms with van der Waals surface area (Å²) in [6, 6.07) is 29.0. The van der Waals surface area contributed by atoms with E-state index in [0.717, 1.165) is 36.0 Å². The van der Waals surface area contributed by atoms with Crippen LogP contribution in [0, 0.1) is 22.2 Å². The predicted octanol–water partition coefficient (Wildman–Crippen LogP) is 8.71. The zero-order chi connectivity index (χ0) is 90.4. The summed E-state index contributed by atoms with van der Waals surface area (Å²) in [5, 5.41) is 49.6. The fourth-order valence-electron chi connectivity index (χ4n) is 14.5. The van der Waals surface area contributed by atoms with Gasteiger partial charge in [-0.25, -0.2) is 23.7 Å². The van der Waals surface area contributed by atoms with Gasteiger partial charge in [0.05, 0.1) is 31.6 Å². The number of hydrogen-bond donors (Lipinski definition) is 6. The summed E-state index contributed by atoms with van der Waals surface area (Å²) in [5.41, 5.74) is -1.07. The molecule has 0 radical (unpaired) electrons. The number of carbonyl (C=O) groups is 11. The molecule has 5 aliphatic heterocycles. The molecular weight excluding hydrogens is 1590 g/mol. The molecule has 33 nitrogen and oxygen atoms in total. The maximum Gasteiger partial charge on any atom is 0.410 e. The Balaban J connectivity index is 1.02. The molecule has 13 rings (SSSR count). The molecule has 7 heterocycles. The first-order valence-electron chi connectivity index (χ1n) is 41.5. The SMILES string of the molecule is CCCN(C(=O)[C@@H](NC(=O)[C@H](C)N(C)C(=O)OC(C)(C)C)C(C)(C)C)[C@@H]1C(=O)N[C@@H](Cc2ccc3ccccc3c2)C(=O)N[C@H](C#N)Cc2ccc(cc2)OCc2cn(nn2)[C@@H]2CCN(C(=O)[C@@H](NC(=O)[C@H](C)N(C)C(=O)OC(C)(C)C)C(C)(C)C)[C@@H]2C(=O)N[C@@H](Cc2ccc3ccccc3c2)C(=O)N[C@H](C(=O)OC)Cc2ccc(cc2)OCc2cn1nn2. The van der Waals surface area contributed by atoms with E-state index in [4.69, 9.17) is 23.7 Å². The fraction of sp³-hybridized carbons (Fsp3) is 0.473. The number of likely N-dealkylation sites (N-methyl/N-ethyl adjacent to an activating group) is 2. The Bertz CT molecular complexity index is 5230. The lowest BCUT2D eigenvalue weighted by Crippen LogP contribution is -2.62. The lowest BCUT2D eigenvalue weighted by atomic mass is 9.85. The van der Waals surface area contributed by atoms with Crippen LogP contribution >= 0.6 is 0 Å². The van der Waals surface area contributed by atoms with Crippen LogP contribution in [-0.2, 0) is 96.3 Å². The van der Waals surface area contributed by atoms with Crippen molar-refractivity contribution < 1.29 is 76.4 Å². The minimum atomic E-state index is -1.74. The largest absolute Gasteiger partial charge is 0.487 e. The molecule has 8 aromatic rings. The standard InChI is InChI=1S/C91H115N17O16/c1-19-41-106(84(116)75(89(7,8)9)98-77(110)55(3)104(17)87(119)124-91(13,14)15)82-81(114)95-69(47-58-28-34-60-24-20-22-26-62(60)43-58)78(111)93-64(49-92)45-56-30-36-67(37-31-56)121-52-65-50-107(101-99-65)72-40-42-105(83(115)74(88(4,5)6)97-76(109)54(2)103(16)86(118)123-90(10,11)12)73(72)80(113)94-70(48-59-29-35-61-25-21-23-27-63(61)44-59)79(112)96-71(85(117)120-18)46-57-32-38-68(39-33-57)122-53-66-51-108(82)102-100-66/h20-39,43-44,50-51,54-55,64,69-75,82H,19,40-42,45-48,52-53H2,1-18H3,(H,93,111)(H,94,113)(H,95,114)(H,96,112)(H,97,109)(H,98,110)/t54-,55-,64-,69-,70-,71-,72+,73-,74+,75+,82-/m0/s1. The average Bonchev–Trinajstić information content (AvgIpc) is 1.58. The molecule has 2 aromatic heterocycles. The van der Waals surface area contributed by atoms with E-state index in [9.17, 15) is 29.2 Å². The van der Waals surface area contributed by atoms with E-state index in [1.165, 1.54) is 55.7 Å². The third-order valence-electron chi connectivity index (χ3n) is 21.5. The van der Waals surface area contributed by atoms with Crippen LogP contribution in [0.1, 0.15) is 163 Å². The van der Waals surface area contributed by atoms with Crippen molar-refractivity contribution in [1.29, 1.82) is 5.26 Å². The Morgan fingerprint density at radius 1 is 0.573 bits per heavy atom. The second kappa shape index (κ2) is 39.9. The maximum absolute atomic E-state index is 15.9. The van der Waals surface area contributed by atoms with Crippen LogP contribution in [0.5, 0.6) is 11.5 Å². The number of nitrogens with one attached hydrogen (secondary N) is 6. The maximum atomic E-state index is 15.9. The summed E-state index contributed by atoms with van der Waals surface area (Å²) in [6.07, 6.45) is -0.378. The van der Waals surface area contributed by atoms with Gasteiger partial charge in [0, 0.05) is 52.9 Å². The van der Waals surface area contributed by atoms with Crippen molar-refractivity contribution in [2.75, 3.05) is 34.3 Å². The van der Waals surface area contributed by atoms with Crippen LogP contribution < -0.4 is 41.4 Å². The van der Waals surface area contributed by atoms with Crippen molar-refractivity contribution in [2.24, 2.45) is 10.8 Å². The number of fused-ring (bicyclic) bond motifs is 2. The fourth-order valence-corrected chi connectivity index (χ4v) is 14.5. The van der Waals surface area contributed by atoms with Gasteiger partial charge < -0.3 is 65.4 Å². The molecule has 11 atom stereocenters. The molecule has 124 heavy (non-hydrogen) atoms. The van der Waals surface area contributed by atoms with E-state index in [0.29, 0.717) is 33.7 Å². The van der Waals surface area contributed by atoms with Crippen molar-refractivity contribution in [3.63, 3.8) is 0 Å². The molecule has 0 aliphatic carbocycles. The van der Waals surface area contributed by atoms with Gasteiger partial charge in [-0.15, -0.1) is 10.2 Å². The third kappa shape index (κ3) is 24.2. The number of carbonyl (C=O) groups excluding carboxylic acids is 11. The molecule has 660 valence electrons. The first kappa shape index (κ1) is 93.3. The second-order valence-electron chi connectivity index (χ2n) is 35.7. The number of amides is 10. The van der Waals surface area contributed by atoms with Crippen LogP contribution in [0.15, 0.2) is 146 Å². The van der Waals surface area contributed by atoms with E-state index in [-0.39, 0.29) is 76.3 Å². The van der Waals surface area contributed by atoms with Crippen LogP contribution in [0.25, 0.3) is 21.5 Å². The molecule has 1 fully saturated rings. The lowest BCUT2D eigenvalue weighted by Gasteiger charge is -2.39. The first-order valence-corrected chi connectivity index (χ1v) is 41.5. The van der Waals surface area contributed by atoms with E-state index >= 15 is 28.8 Å². The number of esters is 1. The Labute approximate surface area is 722 Å². The van der Waals surface area contributed by atoms with E-state index in [1.54, 1.807) is 145 Å². The highest BCUT2D eigenvalue weighted by molar-refractivity contribution is 5.98. The smallest absolute Gasteiger partial charge is 0.410 e. The number of hydrogen-bond acceptors (Lipinski definition) is 21. The topological polar surface area (TPSA) is 404 Å². The first-order chi connectivity index (χ1) is 58.5. The van der Waals surface area contributed by atoms with Gasteiger partial charge >= 0.3 is 18.2 Å². The quantitative estimate of drug-likeness (QED) is 0.0389. The van der Waals surface area contributed by atoms with Crippen LogP contribution in [-0.4, -0.2) is 215 Å². The van der Waals surface area contributed by atoms with Gasteiger partial charge in [-0.3, -0.25) is 48.2 Å². The molecule has 10 amide bonds. The van der Waals surface area contributed by atoms with Crippen molar-refractivity contribution in [1.82, 2.24) is 81.5 Å². The van der Waals surface area contributed by atoms with Gasteiger partial charge in [0.25, 0.3) is 5.91 Å². The van der Waals surface area contributed by atoms with Gasteiger partial charge in [0.1, 0.15) is 102 Å². The summed E-state index contributed by atoms with van der Waals surface area (Å²) in [5.74, 6) is -6.25. The average molecular weight is 1700 g/mol. The van der Waals surface area contributed by atoms with Crippen LogP contribution in [0.2, 0.25) is 0 Å². The molecule has 0 spiro atoms. The zero-order valence-electron chi connectivity index (χ0n) is 73.7. The van der Waals surface area contributed by atoms with E-state index in [1.807, 2.05) is 84.9 Å². The number of ether oxygens (including phenoxy) is 5. The number of aromatic nitrogens is 6. The minimum Gasteiger partial charge on any atom is -0.487 e. The highest BCUT2D eigenvalue weighted by Crippen LogP contribution is 2.34. The monoisotopic (exact) mass is 1700 g/mol. The second-order valence-corrected chi connectivity index (χ2v) is 35.7. The molecule has 33 heteroatoms. The number of nitriles is 1. The number of likely N-dealkylation sites (tertiary alicyclic amines) is 1. The molecule has 8 bridgehead atoms. The van der Waals surface area contributed by atoms with Gasteiger partial charge in [-0.05, 0) is 147 Å². The Hall–Kier alpha value is -13.0. The molecular formula is C91H115N17O16. The molecule has 6 aromatic carbocycles. The summed E-state index contributed by atoms with van der Waals surface area (Å²) in [4.78, 5) is 168. The number of methoxy groups -OCH3 is 1. The summed E-state index contributed by atoms with van der Waals surface area (Å²) in [6.45, 7) is 24.7. The number of nitrogens with zero attached hydrogens (tertiary/aromatic N) is 11. The van der Waals surface area contributed by atoms with Crippen LogP contribution in [0.4, 0.5) is 9.59 Å². The molecule has 6 N–H and O–H groups in total. The molecule has 0 unspecified atom stereocenters. The highest BCUT2D eigenvalue weighted by Gasteiger charge is 2.50. The zero-order valence-corrected chi connectivity index (χ0v) is 73.7. The number of rotatable bonds is 16. The third-order valence-corrected chi connectivity index (χ3v) is 21.5.